The molecule has 2 rings (SSSR count). The standard InChI is InChI=1S/C12H17N3O.2ClH/c13-12(5-1-2-6-12)11(16)15-9-10-3-7-14-8-4-10;;/h3-4,7-8H,1-2,5-6,9,13H2,(H,15,16);2*1H. The van der Waals surface area contributed by atoms with Crippen molar-refractivity contribution in [3.8, 4) is 0 Å². The first kappa shape index (κ1) is 17.2. The molecule has 102 valence electrons. The number of pyridine rings is 1. The Morgan fingerprint density at radius 2 is 1.83 bits per heavy atom. The number of hydrogen-bond donors (Lipinski definition) is 2. The van der Waals surface area contributed by atoms with Crippen molar-refractivity contribution in [2.45, 2.75) is 37.8 Å². The molecular formula is C12H19Cl2N3O. The van der Waals surface area contributed by atoms with Crippen LogP contribution < -0.4 is 11.1 Å². The Morgan fingerprint density at radius 1 is 1.28 bits per heavy atom. The summed E-state index contributed by atoms with van der Waals surface area (Å²) in [6.45, 7) is 0.528. The predicted octanol–water partition coefficient (Wildman–Crippen LogP) is 1.81. The minimum atomic E-state index is -0.632. The highest BCUT2D eigenvalue weighted by molar-refractivity contribution is 5.86. The lowest BCUT2D eigenvalue weighted by Crippen LogP contribution is -2.51. The smallest absolute Gasteiger partial charge is 0.240 e. The molecule has 0 bridgehead atoms. The number of aromatic nitrogens is 1. The Labute approximate surface area is 120 Å². The van der Waals surface area contributed by atoms with Gasteiger partial charge in [0.25, 0.3) is 0 Å². The van der Waals surface area contributed by atoms with Crippen LogP contribution in [0.25, 0.3) is 0 Å². The summed E-state index contributed by atoms with van der Waals surface area (Å²) in [7, 11) is 0. The van der Waals surface area contributed by atoms with Crippen molar-refractivity contribution in [1.29, 1.82) is 0 Å². The fourth-order valence-electron chi connectivity index (χ4n) is 2.09. The molecule has 0 aromatic carbocycles. The first-order valence-corrected chi connectivity index (χ1v) is 5.67. The molecule has 0 radical (unpaired) electrons. The van der Waals surface area contributed by atoms with Gasteiger partial charge in [0.2, 0.25) is 5.91 Å². The topological polar surface area (TPSA) is 68.0 Å². The third kappa shape index (κ3) is 4.12. The van der Waals surface area contributed by atoms with E-state index in [1.54, 1.807) is 12.4 Å². The van der Waals surface area contributed by atoms with Crippen molar-refractivity contribution >= 4 is 30.7 Å². The van der Waals surface area contributed by atoms with Gasteiger partial charge in [0.1, 0.15) is 0 Å². The highest BCUT2D eigenvalue weighted by atomic mass is 35.5. The van der Waals surface area contributed by atoms with E-state index in [0.717, 1.165) is 31.2 Å². The van der Waals surface area contributed by atoms with Crippen molar-refractivity contribution in [3.63, 3.8) is 0 Å². The SMILES string of the molecule is Cl.Cl.NC1(C(=O)NCc2ccncc2)CCCC1. The highest BCUT2D eigenvalue weighted by Gasteiger charge is 2.36. The minimum Gasteiger partial charge on any atom is -0.350 e. The molecule has 1 aromatic rings. The molecule has 4 nitrogen and oxygen atoms in total. The van der Waals surface area contributed by atoms with Crippen molar-refractivity contribution < 1.29 is 4.79 Å². The van der Waals surface area contributed by atoms with Gasteiger partial charge in [-0.3, -0.25) is 9.78 Å². The van der Waals surface area contributed by atoms with Gasteiger partial charge in [-0.05, 0) is 30.5 Å². The maximum absolute atomic E-state index is 11.9. The van der Waals surface area contributed by atoms with Crippen LogP contribution in [-0.2, 0) is 11.3 Å². The van der Waals surface area contributed by atoms with Crippen LogP contribution in [0, 0.1) is 0 Å². The monoisotopic (exact) mass is 291 g/mol. The molecule has 0 unspecified atom stereocenters. The molecule has 6 heteroatoms. The summed E-state index contributed by atoms with van der Waals surface area (Å²) in [5.41, 5.74) is 6.46. The lowest BCUT2D eigenvalue weighted by molar-refractivity contribution is -0.126. The zero-order chi connectivity index (χ0) is 11.4. The first-order valence-electron chi connectivity index (χ1n) is 5.67. The van der Waals surface area contributed by atoms with E-state index in [0.29, 0.717) is 6.54 Å². The largest absolute Gasteiger partial charge is 0.350 e. The second-order valence-electron chi connectivity index (χ2n) is 4.40. The molecule has 0 aliphatic heterocycles. The number of carbonyl (C=O) groups is 1. The molecule has 1 aromatic heterocycles. The first-order chi connectivity index (χ1) is 7.71. The predicted molar refractivity (Wildman–Crippen MR) is 76.0 cm³/mol. The van der Waals surface area contributed by atoms with Gasteiger partial charge in [-0.15, -0.1) is 24.8 Å². The Morgan fingerprint density at radius 3 is 2.39 bits per heavy atom. The number of nitrogens with zero attached hydrogens (tertiary/aromatic N) is 1. The molecule has 0 saturated heterocycles. The number of amides is 1. The molecule has 1 saturated carbocycles. The quantitative estimate of drug-likeness (QED) is 0.893. The lowest BCUT2D eigenvalue weighted by Gasteiger charge is -2.22. The third-order valence-corrected chi connectivity index (χ3v) is 3.15. The summed E-state index contributed by atoms with van der Waals surface area (Å²) in [6.07, 6.45) is 7.15. The van der Waals surface area contributed by atoms with Gasteiger partial charge in [0.05, 0.1) is 5.54 Å². The number of rotatable bonds is 3. The second-order valence-corrected chi connectivity index (χ2v) is 4.40. The van der Waals surface area contributed by atoms with Crippen molar-refractivity contribution in [3.05, 3.63) is 30.1 Å². The molecule has 18 heavy (non-hydrogen) atoms. The van der Waals surface area contributed by atoms with E-state index in [1.165, 1.54) is 0 Å². The van der Waals surface area contributed by atoms with E-state index >= 15 is 0 Å². The average molecular weight is 292 g/mol. The number of carbonyl (C=O) groups excluding carboxylic acids is 1. The van der Waals surface area contributed by atoms with E-state index in [9.17, 15) is 4.79 Å². The normalized spacial score (nSPS) is 16.3. The molecular weight excluding hydrogens is 273 g/mol. The number of nitrogens with one attached hydrogen (secondary N) is 1. The van der Waals surface area contributed by atoms with Gasteiger partial charge in [-0.2, -0.15) is 0 Å². The Hall–Kier alpha value is -0.840. The maximum atomic E-state index is 11.9. The van der Waals surface area contributed by atoms with E-state index in [-0.39, 0.29) is 30.7 Å². The zero-order valence-electron chi connectivity index (χ0n) is 10.1. The molecule has 0 atom stereocenters. The van der Waals surface area contributed by atoms with Crippen LogP contribution in [0.5, 0.6) is 0 Å². The summed E-state index contributed by atoms with van der Waals surface area (Å²) >= 11 is 0. The van der Waals surface area contributed by atoms with Crippen LogP contribution >= 0.6 is 24.8 Å². The van der Waals surface area contributed by atoms with E-state index in [4.69, 9.17) is 5.73 Å². The molecule has 0 spiro atoms. The summed E-state index contributed by atoms with van der Waals surface area (Å²) in [6, 6.07) is 3.77. The Bertz CT molecular complexity index is 367. The van der Waals surface area contributed by atoms with Gasteiger partial charge < -0.3 is 11.1 Å². The highest BCUT2D eigenvalue weighted by Crippen LogP contribution is 2.27. The Balaban J connectivity index is 0.00000144. The van der Waals surface area contributed by atoms with E-state index < -0.39 is 5.54 Å². The molecule has 1 aliphatic rings. The summed E-state index contributed by atoms with van der Waals surface area (Å²) < 4.78 is 0. The average Bonchev–Trinajstić information content (AvgIpc) is 2.76. The van der Waals surface area contributed by atoms with E-state index in [2.05, 4.69) is 10.3 Å². The second kappa shape index (κ2) is 7.56. The molecule has 3 N–H and O–H groups in total. The van der Waals surface area contributed by atoms with Crippen molar-refractivity contribution in [2.75, 3.05) is 0 Å². The third-order valence-electron chi connectivity index (χ3n) is 3.15. The van der Waals surface area contributed by atoms with Gasteiger partial charge >= 0.3 is 0 Å². The lowest BCUT2D eigenvalue weighted by atomic mass is 9.98. The van der Waals surface area contributed by atoms with Crippen LogP contribution in [0.3, 0.4) is 0 Å². The van der Waals surface area contributed by atoms with Crippen LogP contribution in [0.1, 0.15) is 31.2 Å². The van der Waals surface area contributed by atoms with Gasteiger partial charge in [0, 0.05) is 18.9 Å². The van der Waals surface area contributed by atoms with Gasteiger partial charge in [-0.25, -0.2) is 0 Å². The Kier molecular flexibility index (Phi) is 7.21. The molecule has 1 heterocycles. The van der Waals surface area contributed by atoms with Crippen LogP contribution in [0.15, 0.2) is 24.5 Å². The van der Waals surface area contributed by atoms with Gasteiger partial charge in [-0.1, -0.05) is 12.8 Å². The summed E-state index contributed by atoms with van der Waals surface area (Å²) in [5.74, 6) is -0.0261. The molecule has 1 fully saturated rings. The number of nitrogens with two attached hydrogens (primary N) is 1. The van der Waals surface area contributed by atoms with Crippen LogP contribution in [0.2, 0.25) is 0 Å². The molecule has 1 aliphatic carbocycles. The number of hydrogen-bond acceptors (Lipinski definition) is 3. The van der Waals surface area contributed by atoms with Gasteiger partial charge in [0.15, 0.2) is 0 Å². The van der Waals surface area contributed by atoms with Crippen molar-refractivity contribution in [2.24, 2.45) is 5.73 Å². The summed E-state index contributed by atoms with van der Waals surface area (Å²) in [5, 5.41) is 2.89. The molecule has 1 amide bonds. The fraction of sp³-hybridized carbons (Fsp3) is 0.500. The fourth-order valence-corrected chi connectivity index (χ4v) is 2.09. The minimum absolute atomic E-state index is 0. The zero-order valence-corrected chi connectivity index (χ0v) is 11.7. The maximum Gasteiger partial charge on any atom is 0.240 e. The van der Waals surface area contributed by atoms with Crippen molar-refractivity contribution in [1.82, 2.24) is 10.3 Å². The van der Waals surface area contributed by atoms with E-state index in [1.807, 2.05) is 12.1 Å². The van der Waals surface area contributed by atoms with Crippen LogP contribution in [-0.4, -0.2) is 16.4 Å². The van der Waals surface area contributed by atoms with Crippen LogP contribution in [0.4, 0.5) is 0 Å². The summed E-state index contributed by atoms with van der Waals surface area (Å²) in [4.78, 5) is 15.8. The number of halogens is 2.